The Kier molecular flexibility index (Phi) is 5.14. The second-order valence-electron chi connectivity index (χ2n) is 7.60. The van der Waals surface area contributed by atoms with Gasteiger partial charge in [0.25, 0.3) is 0 Å². The molecule has 1 N–H and O–H groups in total. The van der Waals surface area contributed by atoms with Crippen molar-refractivity contribution in [2.24, 2.45) is 0 Å². The summed E-state index contributed by atoms with van der Waals surface area (Å²) in [5, 5.41) is 3.05. The SMILES string of the molecule is CN(C)c1ccc2c(c1)NC(=O)CC2c1cccc(CN2CCOCC2)c1. The van der Waals surface area contributed by atoms with Gasteiger partial charge < -0.3 is 15.0 Å². The summed E-state index contributed by atoms with van der Waals surface area (Å²) in [4.78, 5) is 16.8. The van der Waals surface area contributed by atoms with Crippen LogP contribution in [-0.4, -0.2) is 51.2 Å². The van der Waals surface area contributed by atoms with Gasteiger partial charge in [-0.1, -0.05) is 30.3 Å². The topological polar surface area (TPSA) is 44.8 Å². The fourth-order valence-electron chi connectivity index (χ4n) is 3.95. The number of hydrogen-bond donors (Lipinski definition) is 1. The number of nitrogens with one attached hydrogen (secondary N) is 1. The summed E-state index contributed by atoms with van der Waals surface area (Å²) >= 11 is 0. The minimum absolute atomic E-state index is 0.0852. The van der Waals surface area contributed by atoms with E-state index in [1.807, 2.05) is 14.1 Å². The second kappa shape index (κ2) is 7.71. The van der Waals surface area contributed by atoms with Crippen molar-refractivity contribution >= 4 is 17.3 Å². The lowest BCUT2D eigenvalue weighted by Crippen LogP contribution is -2.35. The molecule has 5 nitrogen and oxygen atoms in total. The third kappa shape index (κ3) is 3.99. The van der Waals surface area contributed by atoms with Crippen molar-refractivity contribution in [3.8, 4) is 0 Å². The Hall–Kier alpha value is -2.37. The third-order valence-electron chi connectivity index (χ3n) is 5.46. The Labute approximate surface area is 160 Å². The number of benzene rings is 2. The van der Waals surface area contributed by atoms with E-state index in [-0.39, 0.29) is 11.8 Å². The van der Waals surface area contributed by atoms with Crippen LogP contribution in [0.4, 0.5) is 11.4 Å². The number of carbonyl (C=O) groups is 1. The van der Waals surface area contributed by atoms with Gasteiger partial charge >= 0.3 is 0 Å². The summed E-state index contributed by atoms with van der Waals surface area (Å²) in [5.74, 6) is 0.191. The van der Waals surface area contributed by atoms with Crippen LogP contribution in [0.1, 0.15) is 29.0 Å². The number of nitrogens with zero attached hydrogens (tertiary/aromatic N) is 2. The van der Waals surface area contributed by atoms with E-state index in [9.17, 15) is 4.79 Å². The molecule has 0 spiro atoms. The monoisotopic (exact) mass is 365 g/mol. The maximum absolute atomic E-state index is 12.3. The number of amides is 1. The van der Waals surface area contributed by atoms with Crippen molar-refractivity contribution in [2.45, 2.75) is 18.9 Å². The minimum atomic E-state index is 0.0852. The lowest BCUT2D eigenvalue weighted by Gasteiger charge is -2.29. The van der Waals surface area contributed by atoms with E-state index in [0.29, 0.717) is 6.42 Å². The number of morpholine rings is 1. The van der Waals surface area contributed by atoms with Gasteiger partial charge in [-0.15, -0.1) is 0 Å². The Morgan fingerprint density at radius 3 is 2.74 bits per heavy atom. The number of carbonyl (C=O) groups excluding carboxylic acids is 1. The summed E-state index contributed by atoms with van der Waals surface area (Å²) < 4.78 is 5.44. The molecule has 0 aromatic heterocycles. The zero-order valence-electron chi connectivity index (χ0n) is 16.1. The highest BCUT2D eigenvalue weighted by Gasteiger charge is 2.27. The number of fused-ring (bicyclic) bond motifs is 1. The molecule has 0 radical (unpaired) electrons. The van der Waals surface area contributed by atoms with Crippen molar-refractivity contribution in [1.82, 2.24) is 4.90 Å². The average Bonchev–Trinajstić information content (AvgIpc) is 2.67. The minimum Gasteiger partial charge on any atom is -0.379 e. The molecule has 2 aromatic rings. The second-order valence-corrected chi connectivity index (χ2v) is 7.60. The quantitative estimate of drug-likeness (QED) is 0.905. The summed E-state index contributed by atoms with van der Waals surface area (Å²) in [6.07, 6.45) is 0.495. The fraction of sp³-hybridized carbons (Fsp3) is 0.409. The van der Waals surface area contributed by atoms with Crippen molar-refractivity contribution < 1.29 is 9.53 Å². The summed E-state index contributed by atoms with van der Waals surface area (Å²) in [6.45, 7) is 4.51. The molecule has 2 aliphatic heterocycles. The highest BCUT2D eigenvalue weighted by Crippen LogP contribution is 2.39. The van der Waals surface area contributed by atoms with Gasteiger partial charge in [0, 0.05) is 57.4 Å². The molecule has 1 amide bonds. The van der Waals surface area contributed by atoms with Crippen LogP contribution in [0.25, 0.3) is 0 Å². The van der Waals surface area contributed by atoms with E-state index >= 15 is 0 Å². The Morgan fingerprint density at radius 2 is 1.96 bits per heavy atom. The van der Waals surface area contributed by atoms with Crippen LogP contribution in [0.2, 0.25) is 0 Å². The van der Waals surface area contributed by atoms with Gasteiger partial charge in [0.1, 0.15) is 0 Å². The van der Waals surface area contributed by atoms with Gasteiger partial charge in [0.2, 0.25) is 5.91 Å². The highest BCUT2D eigenvalue weighted by molar-refractivity contribution is 5.96. The molecule has 2 aliphatic rings. The Bertz CT molecular complexity index is 828. The lowest BCUT2D eigenvalue weighted by atomic mass is 9.84. The van der Waals surface area contributed by atoms with Crippen LogP contribution in [0, 0.1) is 0 Å². The third-order valence-corrected chi connectivity index (χ3v) is 5.46. The number of anilines is 2. The van der Waals surface area contributed by atoms with Gasteiger partial charge in [-0.05, 0) is 28.8 Å². The highest BCUT2D eigenvalue weighted by atomic mass is 16.5. The smallest absolute Gasteiger partial charge is 0.225 e. The Balaban J connectivity index is 1.61. The molecule has 0 aliphatic carbocycles. The average molecular weight is 365 g/mol. The molecule has 1 saturated heterocycles. The van der Waals surface area contributed by atoms with Crippen molar-refractivity contribution in [1.29, 1.82) is 0 Å². The first-order valence-corrected chi connectivity index (χ1v) is 9.60. The number of rotatable bonds is 4. The van der Waals surface area contributed by atoms with E-state index in [1.54, 1.807) is 0 Å². The zero-order chi connectivity index (χ0) is 18.8. The molecule has 27 heavy (non-hydrogen) atoms. The predicted octanol–water partition coefficient (Wildman–Crippen LogP) is 3.06. The summed E-state index contributed by atoms with van der Waals surface area (Å²) in [6, 6.07) is 15.1. The van der Waals surface area contributed by atoms with E-state index in [0.717, 1.165) is 44.2 Å². The first kappa shape index (κ1) is 18.0. The normalized spacial score (nSPS) is 20.1. The molecular formula is C22H27N3O2. The number of hydrogen-bond acceptors (Lipinski definition) is 4. The van der Waals surface area contributed by atoms with Crippen LogP contribution < -0.4 is 10.2 Å². The van der Waals surface area contributed by atoms with Gasteiger partial charge in [0.15, 0.2) is 0 Å². The molecule has 2 aromatic carbocycles. The maximum atomic E-state index is 12.3. The van der Waals surface area contributed by atoms with Gasteiger partial charge in [-0.2, -0.15) is 0 Å². The molecule has 142 valence electrons. The molecular weight excluding hydrogens is 338 g/mol. The van der Waals surface area contributed by atoms with Gasteiger partial charge in [-0.25, -0.2) is 0 Å². The van der Waals surface area contributed by atoms with Crippen LogP contribution in [0.5, 0.6) is 0 Å². The van der Waals surface area contributed by atoms with Crippen molar-refractivity contribution in [2.75, 3.05) is 50.6 Å². The largest absolute Gasteiger partial charge is 0.379 e. The summed E-state index contributed by atoms with van der Waals surface area (Å²) in [5.41, 5.74) is 5.74. The molecule has 0 saturated carbocycles. The van der Waals surface area contributed by atoms with Crippen LogP contribution in [-0.2, 0) is 16.1 Å². The summed E-state index contributed by atoms with van der Waals surface area (Å²) in [7, 11) is 4.03. The lowest BCUT2D eigenvalue weighted by molar-refractivity contribution is -0.116. The molecule has 4 rings (SSSR count). The molecule has 1 fully saturated rings. The molecule has 1 unspecified atom stereocenters. The van der Waals surface area contributed by atoms with E-state index in [4.69, 9.17) is 4.74 Å². The maximum Gasteiger partial charge on any atom is 0.225 e. The predicted molar refractivity (Wildman–Crippen MR) is 108 cm³/mol. The van der Waals surface area contributed by atoms with Gasteiger partial charge in [0.05, 0.1) is 13.2 Å². The Morgan fingerprint density at radius 1 is 1.15 bits per heavy atom. The first-order valence-electron chi connectivity index (χ1n) is 9.60. The van der Waals surface area contributed by atoms with E-state index in [1.165, 1.54) is 16.7 Å². The first-order chi connectivity index (χ1) is 13.1. The van der Waals surface area contributed by atoms with Crippen LogP contribution >= 0.6 is 0 Å². The molecule has 2 heterocycles. The molecule has 0 bridgehead atoms. The van der Waals surface area contributed by atoms with Gasteiger partial charge in [-0.3, -0.25) is 9.69 Å². The fourth-order valence-corrected chi connectivity index (χ4v) is 3.95. The molecule has 5 heteroatoms. The molecule has 1 atom stereocenters. The zero-order valence-corrected chi connectivity index (χ0v) is 16.1. The standard InChI is InChI=1S/C22H27N3O2/c1-24(2)18-6-7-19-20(14-22(26)23-21(19)13-18)17-5-3-4-16(12-17)15-25-8-10-27-11-9-25/h3-7,12-13,20H,8-11,14-15H2,1-2H3,(H,23,26). The number of ether oxygens (including phenoxy) is 1. The van der Waals surface area contributed by atoms with Crippen molar-refractivity contribution in [3.05, 3.63) is 59.2 Å². The van der Waals surface area contributed by atoms with Crippen molar-refractivity contribution in [3.63, 3.8) is 0 Å². The van der Waals surface area contributed by atoms with E-state index in [2.05, 4.69) is 57.6 Å². The van der Waals surface area contributed by atoms with Crippen LogP contribution in [0.3, 0.4) is 0 Å². The van der Waals surface area contributed by atoms with E-state index < -0.39 is 0 Å². The van der Waals surface area contributed by atoms with Crippen LogP contribution in [0.15, 0.2) is 42.5 Å².